The third-order valence-electron chi connectivity index (χ3n) is 7.45. The Balaban J connectivity index is 0.000000442. The van der Waals surface area contributed by atoms with Gasteiger partial charge in [0, 0.05) is 67.4 Å². The summed E-state index contributed by atoms with van der Waals surface area (Å²) in [4.78, 5) is 52.4. The van der Waals surface area contributed by atoms with Gasteiger partial charge in [0.2, 0.25) is 12.3 Å². The van der Waals surface area contributed by atoms with Crippen LogP contribution in [0.1, 0.15) is 34.3 Å². The molecule has 0 aliphatic rings. The van der Waals surface area contributed by atoms with Crippen LogP contribution in [0.3, 0.4) is 0 Å². The van der Waals surface area contributed by atoms with Gasteiger partial charge < -0.3 is 39.3 Å². The van der Waals surface area contributed by atoms with E-state index in [9.17, 15) is 19.2 Å². The van der Waals surface area contributed by atoms with E-state index in [0.717, 1.165) is 51.7 Å². The molecule has 0 spiro atoms. The Morgan fingerprint density at radius 3 is 2.28 bits per heavy atom. The molecule has 4 rings (SSSR count). The lowest BCUT2D eigenvalue weighted by atomic mass is 10.1. The molecule has 13 heteroatoms. The average molecular weight is 688 g/mol. The van der Waals surface area contributed by atoms with Gasteiger partial charge in [0.15, 0.2) is 0 Å². The largest absolute Gasteiger partial charge is 0.491 e. The third kappa shape index (κ3) is 12.9. The normalized spacial score (nSPS) is 11.0. The average Bonchev–Trinajstić information content (AvgIpc) is 3.13. The molecule has 0 bridgehead atoms. The van der Waals surface area contributed by atoms with Gasteiger partial charge in [-0.15, -0.1) is 0 Å². The smallest absolute Gasteiger partial charge is 0.242 e. The van der Waals surface area contributed by atoms with E-state index in [1.54, 1.807) is 24.5 Å². The molecule has 2 amide bonds. The van der Waals surface area contributed by atoms with Crippen molar-refractivity contribution in [1.29, 1.82) is 0 Å². The van der Waals surface area contributed by atoms with Crippen molar-refractivity contribution in [3.8, 4) is 11.5 Å². The first-order chi connectivity index (χ1) is 24.3. The molecule has 0 saturated carbocycles. The summed E-state index contributed by atoms with van der Waals surface area (Å²) in [5.74, 6) is 1.94. The predicted molar refractivity (Wildman–Crippen MR) is 190 cm³/mol. The summed E-state index contributed by atoms with van der Waals surface area (Å²) in [6.45, 7) is 6.53. The second kappa shape index (κ2) is 21.5. The molecule has 0 aliphatic carbocycles. The summed E-state index contributed by atoms with van der Waals surface area (Å²) < 4.78 is 22.7. The van der Waals surface area contributed by atoms with Crippen LogP contribution in [0.15, 0.2) is 67.1 Å². The number of aromatic nitrogens is 2. The van der Waals surface area contributed by atoms with Crippen LogP contribution in [0.4, 0.5) is 11.5 Å². The second-order valence-electron chi connectivity index (χ2n) is 11.1. The highest BCUT2D eigenvalue weighted by molar-refractivity contribution is 5.85. The summed E-state index contributed by atoms with van der Waals surface area (Å²) >= 11 is 0. The standard InChI is InChI=1S/C29H31N3O5.C8H14N2O3/c1-21-15-27(6-4-25(21)20-33)36-13-11-34-9-10-35-12-14-37-28-17-29(31-18-22(28)2)32-26-5-3-24-19-30-8-7-23(24)16-26;1-9-8(13)7(4-3-5-11)10(2)6-12/h3-8,15-20H,9-14H2,1-2H3,(H,31,32);5-7H,3-4H2,1-2H3,(H,9,13). The van der Waals surface area contributed by atoms with Crippen LogP contribution >= 0.6 is 0 Å². The summed E-state index contributed by atoms with van der Waals surface area (Å²) in [5.41, 5.74) is 3.46. The van der Waals surface area contributed by atoms with E-state index in [4.69, 9.17) is 18.9 Å². The lowest BCUT2D eigenvalue weighted by molar-refractivity contribution is -0.131. The van der Waals surface area contributed by atoms with Gasteiger partial charge >= 0.3 is 0 Å². The molecule has 2 N–H and O–H groups in total. The molecule has 0 saturated heterocycles. The minimum Gasteiger partial charge on any atom is -0.491 e. The number of nitrogens with one attached hydrogen (secondary N) is 2. The van der Waals surface area contributed by atoms with Crippen LogP contribution < -0.4 is 20.1 Å². The number of fused-ring (bicyclic) bond motifs is 1. The molecule has 1 atom stereocenters. The first-order valence-corrected chi connectivity index (χ1v) is 16.2. The molecule has 2 aromatic carbocycles. The molecule has 0 aliphatic heterocycles. The number of carbonyl (C=O) groups excluding carboxylic acids is 4. The van der Waals surface area contributed by atoms with Gasteiger partial charge in [-0.25, -0.2) is 4.98 Å². The number of nitrogens with zero attached hydrogens (tertiary/aromatic N) is 3. The number of hydrogen-bond acceptors (Lipinski definition) is 11. The van der Waals surface area contributed by atoms with Crippen LogP contribution in [-0.2, 0) is 23.9 Å². The van der Waals surface area contributed by atoms with Gasteiger partial charge in [-0.1, -0.05) is 6.07 Å². The van der Waals surface area contributed by atoms with Crippen LogP contribution in [0.25, 0.3) is 10.8 Å². The molecule has 2 heterocycles. The van der Waals surface area contributed by atoms with E-state index >= 15 is 0 Å². The molecule has 4 aromatic rings. The fraction of sp³-hybridized carbons (Fsp3) is 0.351. The Morgan fingerprint density at radius 2 is 1.60 bits per heavy atom. The maximum Gasteiger partial charge on any atom is 0.242 e. The molecule has 50 heavy (non-hydrogen) atoms. The number of aryl methyl sites for hydroxylation is 2. The number of likely N-dealkylation sites (N-methyl/N-ethyl adjacent to an activating group) is 2. The zero-order chi connectivity index (χ0) is 36.1. The number of amides is 2. The monoisotopic (exact) mass is 687 g/mol. The number of ether oxygens (including phenoxy) is 4. The van der Waals surface area contributed by atoms with E-state index in [1.807, 2.05) is 50.4 Å². The first-order valence-electron chi connectivity index (χ1n) is 16.2. The maximum atomic E-state index is 11.2. The van der Waals surface area contributed by atoms with Crippen molar-refractivity contribution in [3.05, 3.63) is 83.8 Å². The van der Waals surface area contributed by atoms with Crippen molar-refractivity contribution in [2.45, 2.75) is 32.7 Å². The number of anilines is 2. The number of carbonyl (C=O) groups is 4. The molecular formula is C37H45N5O8. The number of hydrogen-bond donors (Lipinski definition) is 2. The SMILES string of the molecule is CNC(=O)C(CCC=O)N(C)C=O.Cc1cc(OCCOCCOCCOc2cc(Nc3ccc4cnccc4c3)ncc2C)ccc1C=O. The van der Waals surface area contributed by atoms with E-state index in [1.165, 1.54) is 19.0 Å². The van der Waals surface area contributed by atoms with Crippen molar-refractivity contribution < 1.29 is 38.1 Å². The second-order valence-corrected chi connectivity index (χ2v) is 11.1. The Hall–Kier alpha value is -5.40. The molecule has 2 aromatic heterocycles. The minimum absolute atomic E-state index is 0.253. The van der Waals surface area contributed by atoms with Gasteiger partial charge in [0.05, 0.1) is 26.4 Å². The fourth-order valence-corrected chi connectivity index (χ4v) is 4.64. The number of pyridine rings is 2. The molecule has 1 unspecified atom stereocenters. The van der Waals surface area contributed by atoms with E-state index < -0.39 is 6.04 Å². The van der Waals surface area contributed by atoms with Gasteiger partial charge in [-0.3, -0.25) is 19.4 Å². The van der Waals surface area contributed by atoms with E-state index in [-0.39, 0.29) is 12.3 Å². The van der Waals surface area contributed by atoms with Crippen LogP contribution in [0, 0.1) is 13.8 Å². The van der Waals surface area contributed by atoms with Crippen molar-refractivity contribution in [2.24, 2.45) is 0 Å². The number of rotatable bonds is 20. The van der Waals surface area contributed by atoms with Crippen LogP contribution in [0.2, 0.25) is 0 Å². The summed E-state index contributed by atoms with van der Waals surface area (Å²) in [5, 5.41) is 7.96. The van der Waals surface area contributed by atoms with Crippen molar-refractivity contribution >= 4 is 47.2 Å². The minimum atomic E-state index is -0.548. The van der Waals surface area contributed by atoms with Crippen molar-refractivity contribution in [2.75, 3.05) is 59.1 Å². The molecule has 266 valence electrons. The summed E-state index contributed by atoms with van der Waals surface area (Å²) in [6.07, 6.45) is 8.19. The quantitative estimate of drug-likeness (QED) is 0.0998. The van der Waals surface area contributed by atoms with Gasteiger partial charge in [0.25, 0.3) is 0 Å². The first kappa shape index (κ1) is 39.0. The zero-order valence-electron chi connectivity index (χ0n) is 28.9. The van der Waals surface area contributed by atoms with Gasteiger partial charge in [-0.05, 0) is 67.6 Å². The molecule has 0 radical (unpaired) electrons. The lowest BCUT2D eigenvalue weighted by Crippen LogP contribution is -2.43. The summed E-state index contributed by atoms with van der Waals surface area (Å²) in [7, 11) is 3.01. The lowest BCUT2D eigenvalue weighted by Gasteiger charge is -2.21. The molecular weight excluding hydrogens is 642 g/mol. The maximum absolute atomic E-state index is 11.2. The third-order valence-corrected chi connectivity index (χ3v) is 7.45. The Kier molecular flexibility index (Phi) is 16.8. The number of benzene rings is 2. The van der Waals surface area contributed by atoms with E-state index in [0.29, 0.717) is 63.9 Å². The highest BCUT2D eigenvalue weighted by Gasteiger charge is 2.20. The highest BCUT2D eigenvalue weighted by atomic mass is 16.6. The van der Waals surface area contributed by atoms with Gasteiger partial charge in [0.1, 0.15) is 49.1 Å². The van der Waals surface area contributed by atoms with Crippen LogP contribution in [-0.4, -0.2) is 99.5 Å². The van der Waals surface area contributed by atoms with Crippen molar-refractivity contribution in [1.82, 2.24) is 20.2 Å². The zero-order valence-corrected chi connectivity index (χ0v) is 28.9. The van der Waals surface area contributed by atoms with Crippen LogP contribution in [0.5, 0.6) is 11.5 Å². The van der Waals surface area contributed by atoms with Gasteiger partial charge in [-0.2, -0.15) is 0 Å². The predicted octanol–water partition coefficient (Wildman–Crippen LogP) is 4.46. The molecule has 0 fully saturated rings. The Bertz CT molecular complexity index is 1690. The fourth-order valence-electron chi connectivity index (χ4n) is 4.64. The Morgan fingerprint density at radius 1 is 0.860 bits per heavy atom. The highest BCUT2D eigenvalue weighted by Crippen LogP contribution is 2.25. The van der Waals surface area contributed by atoms with Crippen molar-refractivity contribution in [3.63, 3.8) is 0 Å². The summed E-state index contributed by atoms with van der Waals surface area (Å²) in [6, 6.07) is 14.8. The van der Waals surface area contributed by atoms with E-state index in [2.05, 4.69) is 26.7 Å². The topological polar surface area (TPSA) is 158 Å². The Labute approximate surface area is 292 Å². The molecule has 13 nitrogen and oxygen atoms in total. The number of aldehydes is 2.